The zero-order chi connectivity index (χ0) is 16.4. The van der Waals surface area contributed by atoms with Gasteiger partial charge in [0.25, 0.3) is 17.5 Å². The van der Waals surface area contributed by atoms with Gasteiger partial charge in [-0.2, -0.15) is 0 Å². The summed E-state index contributed by atoms with van der Waals surface area (Å²) >= 11 is 7.08. The Labute approximate surface area is 137 Å². The summed E-state index contributed by atoms with van der Waals surface area (Å²) in [5.74, 6) is -0.371. The average molecular weight is 351 g/mol. The molecule has 116 valence electrons. The van der Waals surface area contributed by atoms with Gasteiger partial charge in [0.2, 0.25) is 0 Å². The van der Waals surface area contributed by atoms with Gasteiger partial charge in [0.15, 0.2) is 0 Å². The number of nitrogens with one attached hydrogen (secondary N) is 1. The van der Waals surface area contributed by atoms with E-state index in [0.29, 0.717) is 9.21 Å². The highest BCUT2D eigenvalue weighted by Gasteiger charge is 2.16. The van der Waals surface area contributed by atoms with Crippen molar-refractivity contribution in [2.75, 3.05) is 5.32 Å². The van der Waals surface area contributed by atoms with Crippen molar-refractivity contribution in [1.29, 1.82) is 0 Å². The molecule has 0 unspecified atom stereocenters. The van der Waals surface area contributed by atoms with Crippen LogP contribution in [0.5, 0.6) is 0 Å². The first-order chi connectivity index (χ1) is 11.0. The molecule has 1 N–H and O–H groups in total. The Kier molecular flexibility index (Phi) is 4.04. The quantitative estimate of drug-likeness (QED) is 0.568. The van der Waals surface area contributed by atoms with E-state index in [1.807, 2.05) is 0 Å². The summed E-state index contributed by atoms with van der Waals surface area (Å²) in [4.78, 5) is 22.9. The number of nitrogens with zero attached hydrogens (tertiary/aromatic N) is 3. The van der Waals surface area contributed by atoms with E-state index in [-0.39, 0.29) is 23.2 Å². The Morgan fingerprint density at radius 2 is 2.13 bits per heavy atom. The number of carbonyl (C=O) groups excluding carboxylic acids is 1. The SMILES string of the molecule is O=C(Nc1nnc(-c2ccc(Cl)s2)o1)c1cccc([N+](=O)[O-])c1. The van der Waals surface area contributed by atoms with Crippen LogP contribution in [0, 0.1) is 10.1 Å². The number of anilines is 1. The maximum Gasteiger partial charge on any atom is 0.322 e. The summed E-state index contributed by atoms with van der Waals surface area (Å²) in [7, 11) is 0. The second-order valence-electron chi connectivity index (χ2n) is 4.28. The molecule has 2 heterocycles. The number of amides is 1. The predicted octanol–water partition coefficient (Wildman–Crippen LogP) is 3.61. The minimum atomic E-state index is -0.590. The number of thiophene rings is 1. The number of nitro benzene ring substituents is 1. The predicted molar refractivity (Wildman–Crippen MR) is 83.7 cm³/mol. The van der Waals surface area contributed by atoms with E-state index < -0.39 is 10.8 Å². The number of rotatable bonds is 4. The Hall–Kier alpha value is -2.78. The number of carbonyl (C=O) groups is 1. The number of non-ortho nitro benzene ring substituents is 1. The molecule has 0 aliphatic rings. The van der Waals surface area contributed by atoms with Gasteiger partial charge in [-0.25, -0.2) is 0 Å². The number of halogens is 1. The molecule has 0 atom stereocenters. The molecule has 0 spiro atoms. The second kappa shape index (κ2) is 6.15. The third-order valence-corrected chi connectivity index (χ3v) is 3.97. The molecule has 1 aromatic carbocycles. The van der Waals surface area contributed by atoms with E-state index in [1.165, 1.54) is 29.5 Å². The van der Waals surface area contributed by atoms with Crippen molar-refractivity contribution in [3.05, 3.63) is 56.4 Å². The van der Waals surface area contributed by atoms with Gasteiger partial charge in [0.1, 0.15) is 0 Å². The topological polar surface area (TPSA) is 111 Å². The van der Waals surface area contributed by atoms with Crippen molar-refractivity contribution in [2.45, 2.75) is 0 Å². The molecule has 23 heavy (non-hydrogen) atoms. The first kappa shape index (κ1) is 15.1. The van der Waals surface area contributed by atoms with Crippen LogP contribution in [0.3, 0.4) is 0 Å². The smallest absolute Gasteiger partial charge is 0.322 e. The van der Waals surface area contributed by atoms with Gasteiger partial charge in [0, 0.05) is 17.7 Å². The highest BCUT2D eigenvalue weighted by molar-refractivity contribution is 7.19. The zero-order valence-electron chi connectivity index (χ0n) is 11.2. The Morgan fingerprint density at radius 1 is 1.30 bits per heavy atom. The third kappa shape index (κ3) is 3.35. The van der Waals surface area contributed by atoms with Crippen LogP contribution in [0.25, 0.3) is 10.8 Å². The van der Waals surface area contributed by atoms with E-state index >= 15 is 0 Å². The molecule has 0 saturated carbocycles. The summed E-state index contributed by atoms with van der Waals surface area (Å²) in [5, 5.41) is 20.6. The lowest BCUT2D eigenvalue weighted by Crippen LogP contribution is -2.12. The summed E-state index contributed by atoms with van der Waals surface area (Å²) < 4.78 is 5.89. The summed E-state index contributed by atoms with van der Waals surface area (Å²) in [6, 6.07) is 8.60. The molecule has 2 aromatic heterocycles. The van der Waals surface area contributed by atoms with Crippen molar-refractivity contribution >= 4 is 40.5 Å². The molecular weight excluding hydrogens is 344 g/mol. The van der Waals surface area contributed by atoms with Crippen LogP contribution in [0.15, 0.2) is 40.8 Å². The molecule has 1 amide bonds. The molecule has 8 nitrogen and oxygen atoms in total. The monoisotopic (exact) mass is 350 g/mol. The van der Waals surface area contributed by atoms with Gasteiger partial charge in [-0.05, 0) is 18.2 Å². The number of hydrogen-bond donors (Lipinski definition) is 1. The van der Waals surface area contributed by atoms with Gasteiger partial charge in [0.05, 0.1) is 14.1 Å². The number of hydrogen-bond acceptors (Lipinski definition) is 7. The van der Waals surface area contributed by atoms with E-state index in [0.717, 1.165) is 6.07 Å². The minimum absolute atomic E-state index is 0.109. The number of nitro groups is 1. The fraction of sp³-hybridized carbons (Fsp3) is 0. The molecule has 0 aliphatic heterocycles. The lowest BCUT2D eigenvalue weighted by atomic mass is 10.2. The maximum atomic E-state index is 12.1. The molecule has 3 aromatic rings. The van der Waals surface area contributed by atoms with Crippen LogP contribution < -0.4 is 5.32 Å². The molecule has 0 fully saturated rings. The lowest BCUT2D eigenvalue weighted by Gasteiger charge is -2.00. The van der Waals surface area contributed by atoms with Crippen molar-refractivity contribution in [1.82, 2.24) is 10.2 Å². The van der Waals surface area contributed by atoms with Crippen molar-refractivity contribution in [3.63, 3.8) is 0 Å². The number of aromatic nitrogens is 2. The van der Waals surface area contributed by atoms with Crippen LogP contribution >= 0.6 is 22.9 Å². The molecule has 0 bridgehead atoms. The van der Waals surface area contributed by atoms with Gasteiger partial charge in [-0.1, -0.05) is 22.8 Å². The molecular formula is C13H7ClN4O4S. The molecule has 0 radical (unpaired) electrons. The molecule has 10 heteroatoms. The van der Waals surface area contributed by atoms with Crippen LogP contribution in [0.4, 0.5) is 11.7 Å². The first-order valence-electron chi connectivity index (χ1n) is 6.18. The van der Waals surface area contributed by atoms with Crippen LogP contribution in [0.2, 0.25) is 4.34 Å². The largest absolute Gasteiger partial charge is 0.402 e. The Morgan fingerprint density at radius 3 is 2.83 bits per heavy atom. The average Bonchev–Trinajstić information content (AvgIpc) is 3.16. The lowest BCUT2D eigenvalue weighted by molar-refractivity contribution is -0.384. The van der Waals surface area contributed by atoms with E-state index in [2.05, 4.69) is 15.5 Å². The van der Waals surface area contributed by atoms with Crippen LogP contribution in [-0.4, -0.2) is 21.0 Å². The highest BCUT2D eigenvalue weighted by atomic mass is 35.5. The van der Waals surface area contributed by atoms with E-state index in [9.17, 15) is 14.9 Å². The Bertz CT molecular complexity index is 891. The Balaban J connectivity index is 1.77. The minimum Gasteiger partial charge on any atom is -0.402 e. The fourth-order valence-corrected chi connectivity index (χ4v) is 2.70. The van der Waals surface area contributed by atoms with Gasteiger partial charge in [-0.15, -0.1) is 16.4 Å². The molecule has 3 rings (SSSR count). The maximum absolute atomic E-state index is 12.1. The normalized spacial score (nSPS) is 10.5. The van der Waals surface area contributed by atoms with Crippen LogP contribution in [-0.2, 0) is 0 Å². The van der Waals surface area contributed by atoms with E-state index in [1.54, 1.807) is 12.1 Å². The third-order valence-electron chi connectivity index (χ3n) is 2.75. The second-order valence-corrected chi connectivity index (χ2v) is 5.99. The van der Waals surface area contributed by atoms with Crippen molar-refractivity contribution < 1.29 is 14.1 Å². The standard InChI is InChI=1S/C13H7ClN4O4S/c14-10-5-4-9(23-10)12-16-17-13(22-12)15-11(19)7-2-1-3-8(6-7)18(20)21/h1-6H,(H,15,17,19). The van der Waals surface area contributed by atoms with Gasteiger partial charge < -0.3 is 4.42 Å². The fourth-order valence-electron chi connectivity index (χ4n) is 1.73. The first-order valence-corrected chi connectivity index (χ1v) is 7.37. The van der Waals surface area contributed by atoms with Gasteiger partial charge in [-0.3, -0.25) is 20.2 Å². The van der Waals surface area contributed by atoms with Crippen molar-refractivity contribution in [2.24, 2.45) is 0 Å². The highest BCUT2D eigenvalue weighted by Crippen LogP contribution is 2.30. The molecule has 0 saturated heterocycles. The summed E-state index contributed by atoms with van der Waals surface area (Å²) in [6.45, 7) is 0. The molecule has 0 aliphatic carbocycles. The van der Waals surface area contributed by atoms with E-state index in [4.69, 9.17) is 16.0 Å². The summed E-state index contributed by atoms with van der Waals surface area (Å²) in [6.07, 6.45) is 0. The zero-order valence-corrected chi connectivity index (χ0v) is 12.8. The van der Waals surface area contributed by atoms with Gasteiger partial charge >= 0.3 is 6.01 Å². The van der Waals surface area contributed by atoms with Crippen LogP contribution in [0.1, 0.15) is 10.4 Å². The summed E-state index contributed by atoms with van der Waals surface area (Å²) in [5.41, 5.74) is -0.0739. The number of benzene rings is 1. The van der Waals surface area contributed by atoms with Crippen molar-refractivity contribution in [3.8, 4) is 10.8 Å².